The molecule has 1 saturated heterocycles. The highest BCUT2D eigenvalue weighted by Crippen LogP contribution is 2.40. The lowest BCUT2D eigenvalue weighted by atomic mass is 9.82. The molecule has 0 atom stereocenters. The van der Waals surface area contributed by atoms with Crippen LogP contribution in [0.2, 0.25) is 0 Å². The first-order valence-corrected chi connectivity index (χ1v) is 10.4. The number of aromatic nitrogens is 1. The van der Waals surface area contributed by atoms with Gasteiger partial charge in [0.05, 0.1) is 25.6 Å². The monoisotopic (exact) mass is 422 g/mol. The Hall–Kier alpha value is -3.19. The van der Waals surface area contributed by atoms with Crippen molar-refractivity contribution in [2.24, 2.45) is 0 Å². The maximum absolute atomic E-state index is 13.6. The van der Waals surface area contributed by atoms with E-state index in [4.69, 9.17) is 9.47 Å². The average molecular weight is 422 g/mol. The van der Waals surface area contributed by atoms with Gasteiger partial charge in [-0.25, -0.2) is 4.39 Å². The summed E-state index contributed by atoms with van der Waals surface area (Å²) in [5, 5.41) is 0.602. The van der Waals surface area contributed by atoms with Gasteiger partial charge in [0.15, 0.2) is 11.6 Å². The summed E-state index contributed by atoms with van der Waals surface area (Å²) in [6.45, 7) is 1.54. The second-order valence-electron chi connectivity index (χ2n) is 8.34. The fourth-order valence-corrected chi connectivity index (χ4v) is 4.61. The van der Waals surface area contributed by atoms with Crippen molar-refractivity contribution in [2.45, 2.75) is 24.9 Å². The molecule has 3 aromatic rings. The Labute approximate surface area is 178 Å². The number of nitrogens with zero attached hydrogens (tertiary/aromatic N) is 1. The Bertz CT molecular complexity index is 1180. The van der Waals surface area contributed by atoms with Crippen LogP contribution in [0.3, 0.4) is 0 Å². The molecule has 0 amide bonds. The minimum atomic E-state index is -0.542. The van der Waals surface area contributed by atoms with Crippen molar-refractivity contribution in [1.82, 2.24) is 9.88 Å². The van der Waals surface area contributed by atoms with Gasteiger partial charge < -0.3 is 14.5 Å². The first-order valence-electron chi connectivity index (χ1n) is 10.4. The number of nitrogens with one attached hydrogen (secondary N) is 1. The number of fused-ring (bicyclic) bond motifs is 2. The number of Topliss-reactive ketones (excluding diaryl/α,β-unsaturated/α-hetero) is 2. The summed E-state index contributed by atoms with van der Waals surface area (Å²) >= 11 is 0. The van der Waals surface area contributed by atoms with Gasteiger partial charge in [-0.15, -0.1) is 0 Å². The molecule has 0 bridgehead atoms. The molecular formula is C24H23FN2O4. The number of halogens is 1. The third-order valence-electron chi connectivity index (χ3n) is 6.38. The molecule has 6 nitrogen and oxygen atoms in total. The Morgan fingerprint density at radius 1 is 1.23 bits per heavy atom. The number of piperidine rings is 1. The number of aromatic amines is 1. The van der Waals surface area contributed by atoms with Gasteiger partial charge in [-0.1, -0.05) is 0 Å². The number of hydrogen-bond acceptors (Lipinski definition) is 5. The molecule has 0 aliphatic carbocycles. The van der Waals surface area contributed by atoms with E-state index in [9.17, 15) is 14.0 Å². The predicted octanol–water partition coefficient (Wildman–Crippen LogP) is 4.00. The second kappa shape index (κ2) is 7.50. The molecule has 0 radical (unpaired) electrons. The van der Waals surface area contributed by atoms with Crippen LogP contribution < -0.4 is 9.47 Å². The normalized spacial score (nSPS) is 18.1. The van der Waals surface area contributed by atoms with Gasteiger partial charge in [0.1, 0.15) is 22.9 Å². The van der Waals surface area contributed by atoms with Crippen LogP contribution in [-0.4, -0.2) is 53.8 Å². The SMILES string of the molecule is COc1ccc2c(c1)OC1(CCN(CC(=O)c3c[nH]c4ccc(F)cc34)CC1)CC2=O. The smallest absolute Gasteiger partial charge is 0.178 e. The van der Waals surface area contributed by atoms with Gasteiger partial charge in [0, 0.05) is 54.7 Å². The van der Waals surface area contributed by atoms with E-state index < -0.39 is 5.60 Å². The number of methoxy groups -OCH3 is 1. The number of ketones is 2. The minimum Gasteiger partial charge on any atom is -0.497 e. The maximum atomic E-state index is 13.6. The number of H-pyrrole nitrogens is 1. The molecule has 2 aliphatic heterocycles. The van der Waals surface area contributed by atoms with Crippen LogP contribution >= 0.6 is 0 Å². The summed E-state index contributed by atoms with van der Waals surface area (Å²) in [5.41, 5.74) is 1.29. The molecule has 31 heavy (non-hydrogen) atoms. The van der Waals surface area contributed by atoms with E-state index >= 15 is 0 Å². The van der Waals surface area contributed by atoms with Crippen molar-refractivity contribution in [2.75, 3.05) is 26.7 Å². The van der Waals surface area contributed by atoms with E-state index in [2.05, 4.69) is 9.88 Å². The zero-order valence-corrected chi connectivity index (χ0v) is 17.2. The molecule has 1 fully saturated rings. The van der Waals surface area contributed by atoms with Crippen molar-refractivity contribution in [3.05, 3.63) is 59.5 Å². The van der Waals surface area contributed by atoms with Gasteiger partial charge in [0.25, 0.3) is 0 Å². The Kier molecular flexibility index (Phi) is 4.78. The number of carbonyl (C=O) groups excluding carboxylic acids is 2. The summed E-state index contributed by atoms with van der Waals surface area (Å²) < 4.78 is 25.2. The highest BCUT2D eigenvalue weighted by Gasteiger charge is 2.43. The zero-order chi connectivity index (χ0) is 21.6. The number of rotatable bonds is 4. The first kappa shape index (κ1) is 19.8. The topological polar surface area (TPSA) is 71.6 Å². The van der Waals surface area contributed by atoms with Gasteiger partial charge in [0.2, 0.25) is 0 Å². The summed E-state index contributed by atoms with van der Waals surface area (Å²) in [5.74, 6) is 0.887. The predicted molar refractivity (Wildman–Crippen MR) is 114 cm³/mol. The molecule has 2 aromatic carbocycles. The lowest BCUT2D eigenvalue weighted by Gasteiger charge is -2.43. The number of carbonyl (C=O) groups is 2. The molecule has 5 rings (SSSR count). The second-order valence-corrected chi connectivity index (χ2v) is 8.34. The quantitative estimate of drug-likeness (QED) is 0.644. The van der Waals surface area contributed by atoms with Crippen molar-refractivity contribution in [3.8, 4) is 11.5 Å². The third-order valence-corrected chi connectivity index (χ3v) is 6.38. The van der Waals surface area contributed by atoms with Crippen LogP contribution in [-0.2, 0) is 0 Å². The lowest BCUT2D eigenvalue weighted by Crippen LogP contribution is -2.51. The molecule has 2 aliphatic rings. The van der Waals surface area contributed by atoms with E-state index in [1.807, 2.05) is 0 Å². The Morgan fingerprint density at radius 2 is 2.03 bits per heavy atom. The fraction of sp³-hybridized carbons (Fsp3) is 0.333. The van der Waals surface area contributed by atoms with E-state index in [0.29, 0.717) is 60.4 Å². The molecule has 0 unspecified atom stereocenters. The van der Waals surface area contributed by atoms with Gasteiger partial charge in [-0.05, 0) is 30.3 Å². The highest BCUT2D eigenvalue weighted by atomic mass is 19.1. The van der Waals surface area contributed by atoms with Gasteiger partial charge in [-0.3, -0.25) is 14.5 Å². The van der Waals surface area contributed by atoms with E-state index in [1.54, 1.807) is 37.6 Å². The van der Waals surface area contributed by atoms with Crippen molar-refractivity contribution in [1.29, 1.82) is 0 Å². The van der Waals surface area contributed by atoms with Crippen molar-refractivity contribution in [3.63, 3.8) is 0 Å². The van der Waals surface area contributed by atoms with Crippen LogP contribution in [0.25, 0.3) is 10.9 Å². The molecule has 160 valence electrons. The van der Waals surface area contributed by atoms with Gasteiger partial charge >= 0.3 is 0 Å². The van der Waals surface area contributed by atoms with Gasteiger partial charge in [-0.2, -0.15) is 0 Å². The number of hydrogen-bond donors (Lipinski definition) is 1. The summed E-state index contributed by atoms with van der Waals surface area (Å²) in [6, 6.07) is 9.68. The average Bonchev–Trinajstić information content (AvgIpc) is 3.18. The molecule has 1 aromatic heterocycles. The van der Waals surface area contributed by atoms with Crippen molar-refractivity contribution >= 4 is 22.5 Å². The van der Waals surface area contributed by atoms with Crippen LogP contribution in [0.1, 0.15) is 40.0 Å². The summed E-state index contributed by atoms with van der Waals surface area (Å²) in [4.78, 5) is 30.7. The number of ether oxygens (including phenoxy) is 2. The lowest BCUT2D eigenvalue weighted by molar-refractivity contribution is -0.00812. The van der Waals surface area contributed by atoms with E-state index in [-0.39, 0.29) is 23.9 Å². The molecule has 0 saturated carbocycles. The van der Waals surface area contributed by atoms with Crippen LogP contribution in [0.4, 0.5) is 4.39 Å². The highest BCUT2D eigenvalue weighted by molar-refractivity contribution is 6.08. The van der Waals surface area contributed by atoms with Crippen LogP contribution in [0.15, 0.2) is 42.6 Å². The van der Waals surface area contributed by atoms with Crippen LogP contribution in [0, 0.1) is 5.82 Å². The summed E-state index contributed by atoms with van der Waals surface area (Å²) in [6.07, 6.45) is 3.30. The molecule has 1 spiro atoms. The third kappa shape index (κ3) is 3.59. The summed E-state index contributed by atoms with van der Waals surface area (Å²) in [7, 11) is 1.58. The van der Waals surface area contributed by atoms with E-state index in [1.165, 1.54) is 12.1 Å². The van der Waals surface area contributed by atoms with E-state index in [0.717, 1.165) is 5.52 Å². The number of likely N-dealkylation sites (tertiary alicyclic amines) is 1. The molecular weight excluding hydrogens is 399 g/mol. The Morgan fingerprint density at radius 3 is 2.81 bits per heavy atom. The largest absolute Gasteiger partial charge is 0.497 e. The zero-order valence-electron chi connectivity index (χ0n) is 17.2. The fourth-order valence-electron chi connectivity index (χ4n) is 4.61. The standard InChI is InChI=1S/C24H23FN2O4/c1-30-16-3-4-17-21(28)12-24(31-23(17)11-16)6-8-27(9-7-24)14-22(29)19-13-26-20-5-2-15(25)10-18(19)20/h2-5,10-11,13,26H,6-9,12,14H2,1H3. The molecule has 7 heteroatoms. The number of benzene rings is 2. The maximum Gasteiger partial charge on any atom is 0.178 e. The van der Waals surface area contributed by atoms with Crippen molar-refractivity contribution < 1.29 is 23.5 Å². The molecule has 1 N–H and O–H groups in total. The van der Waals surface area contributed by atoms with Crippen LogP contribution in [0.5, 0.6) is 11.5 Å². The Balaban J connectivity index is 1.27. The molecule has 3 heterocycles. The minimum absolute atomic E-state index is 0.0523. The first-order chi connectivity index (χ1) is 15.0.